The summed E-state index contributed by atoms with van der Waals surface area (Å²) in [7, 11) is 3.66. The molecule has 7 heteroatoms. The monoisotopic (exact) mass is 451 g/mol. The van der Waals surface area contributed by atoms with Crippen molar-refractivity contribution in [2.75, 3.05) is 19.8 Å². The Bertz CT molecular complexity index is 1340. The zero-order valence-electron chi connectivity index (χ0n) is 16.9. The van der Waals surface area contributed by atoms with E-state index in [0.717, 1.165) is 16.7 Å². The molecule has 1 aromatic heterocycles. The van der Waals surface area contributed by atoms with Gasteiger partial charge in [0.25, 0.3) is 0 Å². The number of anilines is 1. The van der Waals surface area contributed by atoms with Crippen LogP contribution in [0.1, 0.15) is 21.7 Å². The fourth-order valence-corrected chi connectivity index (χ4v) is 3.86. The van der Waals surface area contributed by atoms with Crippen LogP contribution in [0.2, 0.25) is 10.0 Å². The molecule has 0 bridgehead atoms. The number of fused-ring (bicyclic) bond motifs is 1. The second kappa shape index (κ2) is 8.10. The summed E-state index contributed by atoms with van der Waals surface area (Å²) in [6.07, 6.45) is 0. The zero-order chi connectivity index (χ0) is 22.3. The number of nitrogens with zero attached hydrogens (tertiary/aromatic N) is 1. The van der Waals surface area contributed by atoms with Crippen LogP contribution in [0.5, 0.6) is 0 Å². The lowest BCUT2D eigenvalue weighted by molar-refractivity contribution is 0.101. The van der Waals surface area contributed by atoms with Gasteiger partial charge in [-0.25, -0.2) is 0 Å². The van der Waals surface area contributed by atoms with Gasteiger partial charge in [0.1, 0.15) is 11.4 Å². The summed E-state index contributed by atoms with van der Waals surface area (Å²) < 4.78 is 5.86. The Labute approximate surface area is 189 Å². The van der Waals surface area contributed by atoms with Gasteiger partial charge >= 0.3 is 0 Å². The van der Waals surface area contributed by atoms with E-state index < -0.39 is 5.78 Å². The quantitative estimate of drug-likeness (QED) is 0.222. The number of rotatable bonds is 4. The van der Waals surface area contributed by atoms with Crippen LogP contribution in [0.4, 0.5) is 5.69 Å². The largest absolute Gasteiger partial charge is 0.450 e. The molecule has 1 heterocycles. The first-order chi connectivity index (χ1) is 14.8. The van der Waals surface area contributed by atoms with Crippen LogP contribution in [0.25, 0.3) is 22.1 Å². The molecule has 0 unspecified atom stereocenters. The predicted octanol–water partition coefficient (Wildman–Crippen LogP) is 6.11. The van der Waals surface area contributed by atoms with E-state index in [1.807, 2.05) is 56.6 Å². The Kier molecular flexibility index (Phi) is 5.48. The van der Waals surface area contributed by atoms with Crippen molar-refractivity contribution in [1.29, 1.82) is 5.41 Å². The maximum atomic E-state index is 13.0. The first kappa shape index (κ1) is 21.0. The Morgan fingerprint density at radius 1 is 1.00 bits per heavy atom. The fraction of sp³-hybridized carbons (Fsp3) is 0.0833. The molecule has 0 amide bonds. The number of furan rings is 1. The van der Waals surface area contributed by atoms with Crippen molar-refractivity contribution in [2.24, 2.45) is 0 Å². The minimum Gasteiger partial charge on any atom is -0.450 e. The van der Waals surface area contributed by atoms with E-state index >= 15 is 0 Å². The van der Waals surface area contributed by atoms with Crippen LogP contribution < -0.4 is 5.73 Å². The van der Waals surface area contributed by atoms with Crippen LogP contribution in [-0.2, 0) is 0 Å². The van der Waals surface area contributed by atoms with Crippen molar-refractivity contribution < 1.29 is 9.21 Å². The molecular formula is C24H19Cl2N3O2. The molecular weight excluding hydrogens is 433 g/mol. The highest BCUT2D eigenvalue weighted by molar-refractivity contribution is 6.37. The number of hydrogen-bond acceptors (Lipinski definition) is 4. The predicted molar refractivity (Wildman–Crippen MR) is 126 cm³/mol. The van der Waals surface area contributed by atoms with Gasteiger partial charge in [-0.1, -0.05) is 47.5 Å². The van der Waals surface area contributed by atoms with Crippen LogP contribution in [0, 0.1) is 5.41 Å². The van der Waals surface area contributed by atoms with Crippen LogP contribution in [0.3, 0.4) is 0 Å². The van der Waals surface area contributed by atoms with Crippen molar-refractivity contribution >= 4 is 51.5 Å². The van der Waals surface area contributed by atoms with Crippen molar-refractivity contribution in [3.05, 3.63) is 87.6 Å². The van der Waals surface area contributed by atoms with E-state index in [9.17, 15) is 4.79 Å². The number of nitrogens with one attached hydrogen (secondary N) is 1. The smallest absolute Gasteiger partial charge is 0.231 e. The summed E-state index contributed by atoms with van der Waals surface area (Å²) in [5.74, 6) is 0.0516. The molecule has 5 nitrogen and oxygen atoms in total. The molecule has 0 saturated carbocycles. The maximum Gasteiger partial charge on any atom is 0.231 e. The molecule has 0 radical (unpaired) electrons. The number of carbonyl (C=O) groups excluding carboxylic acids is 1. The molecule has 0 aliphatic heterocycles. The van der Waals surface area contributed by atoms with E-state index in [0.29, 0.717) is 21.8 Å². The SMILES string of the molecule is CN(C)C(=N)c1cccc(-c2ccc3c(N)c(C(=O)c4ccc(Cl)cc4Cl)oc3c2)c1. The average molecular weight is 452 g/mol. The number of hydrogen-bond donors (Lipinski definition) is 2. The van der Waals surface area contributed by atoms with Crippen LogP contribution >= 0.6 is 23.2 Å². The molecule has 4 rings (SSSR count). The van der Waals surface area contributed by atoms with Gasteiger partial charge < -0.3 is 15.1 Å². The first-order valence-electron chi connectivity index (χ1n) is 9.44. The minimum atomic E-state index is -0.404. The molecule has 0 saturated heterocycles. The second-order valence-corrected chi connectivity index (χ2v) is 8.18. The fourth-order valence-electron chi connectivity index (χ4n) is 3.36. The van der Waals surface area contributed by atoms with Gasteiger partial charge in [0.05, 0.1) is 10.7 Å². The number of benzene rings is 3. The standard InChI is InChI=1S/C24H19Cl2N3O2/c1-29(2)24(28)15-5-3-4-13(10-15)14-6-8-18-20(11-14)31-23(21(18)27)22(30)17-9-7-16(25)12-19(17)26/h3-12,28H,27H2,1-2H3. The van der Waals surface area contributed by atoms with Gasteiger partial charge in [0.2, 0.25) is 5.78 Å². The van der Waals surface area contributed by atoms with Gasteiger partial charge in [-0.2, -0.15) is 0 Å². The van der Waals surface area contributed by atoms with Crippen molar-refractivity contribution in [3.8, 4) is 11.1 Å². The average Bonchev–Trinajstić information content (AvgIpc) is 3.08. The molecule has 156 valence electrons. The summed E-state index contributed by atoms with van der Waals surface area (Å²) in [5, 5.41) is 9.52. The van der Waals surface area contributed by atoms with Crippen molar-refractivity contribution in [2.45, 2.75) is 0 Å². The molecule has 3 N–H and O–H groups in total. The third-order valence-corrected chi connectivity index (χ3v) is 5.57. The van der Waals surface area contributed by atoms with Gasteiger partial charge in [0.15, 0.2) is 5.76 Å². The lowest BCUT2D eigenvalue weighted by Gasteiger charge is -2.14. The summed E-state index contributed by atoms with van der Waals surface area (Å²) in [6, 6.07) is 17.9. The van der Waals surface area contributed by atoms with Gasteiger partial charge in [-0.05, 0) is 47.5 Å². The Morgan fingerprint density at radius 3 is 2.45 bits per heavy atom. The molecule has 0 spiro atoms. The summed E-state index contributed by atoms with van der Waals surface area (Å²) in [6.45, 7) is 0. The van der Waals surface area contributed by atoms with Crippen molar-refractivity contribution in [3.63, 3.8) is 0 Å². The second-order valence-electron chi connectivity index (χ2n) is 7.33. The Balaban J connectivity index is 1.76. The van der Waals surface area contributed by atoms with E-state index in [4.69, 9.17) is 38.8 Å². The van der Waals surface area contributed by atoms with Crippen LogP contribution in [-0.4, -0.2) is 30.6 Å². The first-order valence-corrected chi connectivity index (χ1v) is 10.2. The molecule has 4 aromatic rings. The topological polar surface area (TPSA) is 83.3 Å². The molecule has 3 aromatic carbocycles. The highest BCUT2D eigenvalue weighted by atomic mass is 35.5. The summed E-state index contributed by atoms with van der Waals surface area (Å²) in [4.78, 5) is 14.7. The lowest BCUT2D eigenvalue weighted by atomic mass is 10.0. The van der Waals surface area contributed by atoms with Gasteiger partial charge in [-0.3, -0.25) is 10.2 Å². The minimum absolute atomic E-state index is 0.0412. The highest BCUT2D eigenvalue weighted by Gasteiger charge is 2.22. The number of amidine groups is 1. The molecule has 31 heavy (non-hydrogen) atoms. The number of nitrogen functional groups attached to an aromatic ring is 1. The third kappa shape index (κ3) is 3.90. The molecule has 0 aliphatic rings. The van der Waals surface area contributed by atoms with Gasteiger partial charge in [-0.15, -0.1) is 0 Å². The van der Waals surface area contributed by atoms with E-state index in [2.05, 4.69) is 0 Å². The van der Waals surface area contributed by atoms with E-state index in [1.165, 1.54) is 6.07 Å². The zero-order valence-corrected chi connectivity index (χ0v) is 18.4. The highest BCUT2D eigenvalue weighted by Crippen LogP contribution is 2.34. The molecule has 0 atom stereocenters. The third-order valence-electron chi connectivity index (χ3n) is 5.03. The summed E-state index contributed by atoms with van der Waals surface area (Å²) >= 11 is 12.1. The maximum absolute atomic E-state index is 13.0. The number of ketones is 1. The Hall–Kier alpha value is -3.28. The number of nitrogens with two attached hydrogens (primary N) is 1. The lowest BCUT2D eigenvalue weighted by Crippen LogP contribution is -2.21. The normalized spacial score (nSPS) is 11.0. The van der Waals surface area contributed by atoms with E-state index in [1.54, 1.807) is 17.0 Å². The molecule has 0 aliphatic carbocycles. The number of halogens is 2. The molecule has 0 fully saturated rings. The number of carbonyl (C=O) groups is 1. The van der Waals surface area contributed by atoms with Gasteiger partial charge in [0, 0.05) is 35.6 Å². The summed E-state index contributed by atoms with van der Waals surface area (Å²) in [5.41, 5.74) is 9.87. The van der Waals surface area contributed by atoms with Crippen molar-refractivity contribution in [1.82, 2.24) is 4.90 Å². The van der Waals surface area contributed by atoms with E-state index in [-0.39, 0.29) is 22.0 Å². The van der Waals surface area contributed by atoms with Crippen LogP contribution in [0.15, 0.2) is 65.1 Å². The Morgan fingerprint density at radius 2 is 1.74 bits per heavy atom.